The normalized spacial score (nSPS) is 16.1. The summed E-state index contributed by atoms with van der Waals surface area (Å²) >= 11 is 0. The van der Waals surface area contributed by atoms with Crippen LogP contribution in [0, 0.1) is 5.92 Å². The third-order valence-corrected chi connectivity index (χ3v) is 3.81. The lowest BCUT2D eigenvalue weighted by Crippen LogP contribution is -2.44. The van der Waals surface area contributed by atoms with Crippen molar-refractivity contribution < 1.29 is 19.0 Å². The Labute approximate surface area is 143 Å². The van der Waals surface area contributed by atoms with Gasteiger partial charge in [0.05, 0.1) is 19.8 Å². The number of anilines is 1. The number of benzene rings is 1. The third-order valence-electron chi connectivity index (χ3n) is 3.81. The number of rotatable bonds is 6. The highest BCUT2D eigenvalue weighted by molar-refractivity contribution is 5.95. The van der Waals surface area contributed by atoms with Gasteiger partial charge in [0.25, 0.3) is 0 Å². The molecule has 130 valence electrons. The Morgan fingerprint density at radius 2 is 2.09 bits per heavy atom. The largest absolute Gasteiger partial charge is 0.493 e. The summed E-state index contributed by atoms with van der Waals surface area (Å²) in [7, 11) is 1.57. The second-order valence-corrected chi connectivity index (χ2v) is 5.26. The van der Waals surface area contributed by atoms with E-state index in [2.05, 4.69) is 5.32 Å². The van der Waals surface area contributed by atoms with Crippen molar-refractivity contribution in [3.8, 4) is 11.5 Å². The molecule has 0 saturated carbocycles. The summed E-state index contributed by atoms with van der Waals surface area (Å²) in [6.45, 7) is 3.80. The zero-order valence-electron chi connectivity index (χ0n) is 13.5. The first-order valence-electron chi connectivity index (χ1n) is 7.60. The smallest absolute Gasteiger partial charge is 0.241 e. The molecule has 0 aromatic heterocycles. The zero-order chi connectivity index (χ0) is 15.9. The number of amides is 1. The molecule has 1 atom stereocenters. The molecule has 1 heterocycles. The van der Waals surface area contributed by atoms with Gasteiger partial charge >= 0.3 is 0 Å². The molecule has 2 rings (SSSR count). The lowest BCUT2D eigenvalue weighted by Gasteiger charge is -2.26. The number of halogens is 1. The monoisotopic (exact) mass is 344 g/mol. The Balaban J connectivity index is 0.00000264. The highest BCUT2D eigenvalue weighted by atomic mass is 35.5. The highest BCUT2D eigenvalue weighted by Crippen LogP contribution is 2.30. The Morgan fingerprint density at radius 1 is 1.39 bits per heavy atom. The molecule has 1 amide bonds. The Morgan fingerprint density at radius 3 is 2.70 bits per heavy atom. The number of nitrogens with two attached hydrogens (primary N) is 1. The Kier molecular flexibility index (Phi) is 8.16. The summed E-state index contributed by atoms with van der Waals surface area (Å²) in [5.74, 6) is 1.22. The summed E-state index contributed by atoms with van der Waals surface area (Å²) in [6.07, 6.45) is 1.64. The maximum Gasteiger partial charge on any atom is 0.241 e. The standard InChI is InChI=1S/C16H24N2O4.ClH/c1-3-22-13-5-4-12(10-14(13)20-2)18-16(19)15(17)11-6-8-21-9-7-11;/h4-5,10-11,15H,3,6-9,17H2,1-2H3,(H,18,19);1H. The van der Waals surface area contributed by atoms with Gasteiger partial charge in [0.15, 0.2) is 11.5 Å². The molecule has 7 heteroatoms. The highest BCUT2D eigenvalue weighted by Gasteiger charge is 2.26. The van der Waals surface area contributed by atoms with Gasteiger partial charge in [-0.3, -0.25) is 4.79 Å². The molecule has 3 N–H and O–H groups in total. The number of nitrogens with one attached hydrogen (secondary N) is 1. The van der Waals surface area contributed by atoms with E-state index >= 15 is 0 Å². The van der Waals surface area contributed by atoms with Gasteiger partial charge in [-0.05, 0) is 37.8 Å². The molecule has 0 bridgehead atoms. The Hall–Kier alpha value is -1.50. The van der Waals surface area contributed by atoms with Gasteiger partial charge in [-0.1, -0.05) is 0 Å². The number of ether oxygens (including phenoxy) is 3. The zero-order valence-corrected chi connectivity index (χ0v) is 14.4. The number of methoxy groups -OCH3 is 1. The van der Waals surface area contributed by atoms with Gasteiger partial charge in [0, 0.05) is 25.0 Å². The van der Waals surface area contributed by atoms with E-state index in [0.29, 0.717) is 37.0 Å². The summed E-state index contributed by atoms with van der Waals surface area (Å²) in [6, 6.07) is 4.76. The summed E-state index contributed by atoms with van der Waals surface area (Å²) in [5.41, 5.74) is 6.71. The minimum atomic E-state index is -0.526. The van der Waals surface area contributed by atoms with Gasteiger partial charge in [-0.2, -0.15) is 0 Å². The Bertz CT molecular complexity index is 507. The van der Waals surface area contributed by atoms with Crippen LogP contribution in [-0.4, -0.2) is 38.9 Å². The van der Waals surface area contributed by atoms with E-state index in [1.807, 2.05) is 6.92 Å². The minimum absolute atomic E-state index is 0. The molecule has 1 fully saturated rings. The maximum absolute atomic E-state index is 12.3. The van der Waals surface area contributed by atoms with Gasteiger partial charge in [-0.15, -0.1) is 12.4 Å². The van der Waals surface area contributed by atoms with Crippen LogP contribution in [0.5, 0.6) is 11.5 Å². The van der Waals surface area contributed by atoms with Crippen LogP contribution in [0.3, 0.4) is 0 Å². The van der Waals surface area contributed by atoms with Crippen molar-refractivity contribution in [2.75, 3.05) is 32.2 Å². The maximum atomic E-state index is 12.3. The minimum Gasteiger partial charge on any atom is -0.493 e. The van der Waals surface area contributed by atoms with Crippen molar-refractivity contribution in [2.24, 2.45) is 11.7 Å². The van der Waals surface area contributed by atoms with Crippen molar-refractivity contribution in [3.63, 3.8) is 0 Å². The topological polar surface area (TPSA) is 82.8 Å². The number of carbonyl (C=O) groups excluding carboxylic acids is 1. The van der Waals surface area contributed by atoms with E-state index in [-0.39, 0.29) is 24.2 Å². The van der Waals surface area contributed by atoms with Crippen LogP contribution in [0.25, 0.3) is 0 Å². The van der Waals surface area contributed by atoms with Crippen molar-refractivity contribution in [1.29, 1.82) is 0 Å². The molecule has 1 aliphatic rings. The van der Waals surface area contributed by atoms with E-state index < -0.39 is 6.04 Å². The van der Waals surface area contributed by atoms with Crippen LogP contribution >= 0.6 is 12.4 Å². The fourth-order valence-electron chi connectivity index (χ4n) is 2.53. The average Bonchev–Trinajstić information content (AvgIpc) is 2.56. The SMILES string of the molecule is CCOc1ccc(NC(=O)C(N)C2CCOCC2)cc1OC.Cl. The second-order valence-electron chi connectivity index (χ2n) is 5.26. The molecule has 1 aromatic carbocycles. The predicted molar refractivity (Wildman–Crippen MR) is 91.6 cm³/mol. The van der Waals surface area contributed by atoms with Crippen LogP contribution in [0.4, 0.5) is 5.69 Å². The number of hydrogen-bond acceptors (Lipinski definition) is 5. The predicted octanol–water partition coefficient (Wildman–Crippen LogP) is 2.21. The van der Waals surface area contributed by atoms with Gasteiger partial charge in [-0.25, -0.2) is 0 Å². The third kappa shape index (κ3) is 5.27. The lowest BCUT2D eigenvalue weighted by molar-refractivity contribution is -0.119. The molecule has 0 spiro atoms. The fraction of sp³-hybridized carbons (Fsp3) is 0.562. The molecule has 1 aliphatic heterocycles. The quantitative estimate of drug-likeness (QED) is 0.826. The summed E-state index contributed by atoms with van der Waals surface area (Å²) in [5, 5.41) is 2.84. The molecule has 0 aliphatic carbocycles. The van der Waals surface area contributed by atoms with E-state index in [0.717, 1.165) is 12.8 Å². The van der Waals surface area contributed by atoms with Crippen LogP contribution in [-0.2, 0) is 9.53 Å². The first-order chi connectivity index (χ1) is 10.7. The second kappa shape index (κ2) is 9.60. The van der Waals surface area contributed by atoms with Crippen LogP contribution < -0.4 is 20.5 Å². The molecule has 1 saturated heterocycles. The molecule has 1 unspecified atom stereocenters. The van der Waals surface area contributed by atoms with Crippen molar-refractivity contribution in [3.05, 3.63) is 18.2 Å². The molecule has 1 aromatic rings. The first-order valence-corrected chi connectivity index (χ1v) is 7.60. The van der Waals surface area contributed by atoms with Crippen molar-refractivity contribution in [2.45, 2.75) is 25.8 Å². The van der Waals surface area contributed by atoms with Crippen LogP contribution in [0.2, 0.25) is 0 Å². The van der Waals surface area contributed by atoms with Gasteiger partial charge in [0.1, 0.15) is 0 Å². The van der Waals surface area contributed by atoms with E-state index in [1.165, 1.54) is 0 Å². The summed E-state index contributed by atoms with van der Waals surface area (Å²) < 4.78 is 16.0. The van der Waals surface area contributed by atoms with E-state index in [1.54, 1.807) is 25.3 Å². The van der Waals surface area contributed by atoms with E-state index in [4.69, 9.17) is 19.9 Å². The number of hydrogen-bond donors (Lipinski definition) is 2. The van der Waals surface area contributed by atoms with Gasteiger partial charge < -0.3 is 25.3 Å². The van der Waals surface area contributed by atoms with Gasteiger partial charge in [0.2, 0.25) is 5.91 Å². The molecule has 0 radical (unpaired) electrons. The lowest BCUT2D eigenvalue weighted by atomic mass is 9.92. The van der Waals surface area contributed by atoms with Crippen molar-refractivity contribution in [1.82, 2.24) is 0 Å². The molecular formula is C16H25ClN2O4. The fourth-order valence-corrected chi connectivity index (χ4v) is 2.53. The summed E-state index contributed by atoms with van der Waals surface area (Å²) in [4.78, 5) is 12.3. The molecular weight excluding hydrogens is 320 g/mol. The molecule has 23 heavy (non-hydrogen) atoms. The average molecular weight is 345 g/mol. The number of carbonyl (C=O) groups is 1. The van der Waals surface area contributed by atoms with Crippen LogP contribution in [0.15, 0.2) is 18.2 Å². The molecule has 6 nitrogen and oxygen atoms in total. The van der Waals surface area contributed by atoms with Crippen LogP contribution in [0.1, 0.15) is 19.8 Å². The van der Waals surface area contributed by atoms with Crippen molar-refractivity contribution >= 4 is 24.0 Å². The first kappa shape index (κ1) is 19.5. The van der Waals surface area contributed by atoms with E-state index in [9.17, 15) is 4.79 Å².